The predicted octanol–water partition coefficient (Wildman–Crippen LogP) is 3.24. The van der Waals surface area contributed by atoms with Gasteiger partial charge in [-0.25, -0.2) is 9.63 Å². The third kappa shape index (κ3) is 4.49. The summed E-state index contributed by atoms with van der Waals surface area (Å²) in [5, 5.41) is 4.85. The molecule has 0 amide bonds. The van der Waals surface area contributed by atoms with E-state index in [1.807, 2.05) is 30.3 Å². The average molecular weight is 425 g/mol. The van der Waals surface area contributed by atoms with Crippen LogP contribution in [0.25, 0.3) is 0 Å². The van der Waals surface area contributed by atoms with E-state index in [4.69, 9.17) is 4.62 Å². The van der Waals surface area contributed by atoms with Crippen molar-refractivity contribution in [2.24, 2.45) is 5.92 Å². The number of rotatable bonds is 6. The molecule has 0 radical (unpaired) electrons. The highest BCUT2D eigenvalue weighted by Crippen LogP contribution is 2.52. The first-order valence-electron chi connectivity index (χ1n) is 9.89. The predicted molar refractivity (Wildman–Crippen MR) is 110 cm³/mol. The topological polar surface area (TPSA) is 85.3 Å². The average Bonchev–Trinajstić information content (AvgIpc) is 3.00. The molecule has 3 atom stereocenters. The first-order valence-corrected chi connectivity index (χ1v) is 12.3. The third-order valence-corrected chi connectivity index (χ3v) is 7.52. The van der Waals surface area contributed by atoms with Gasteiger partial charge in [-0.2, -0.15) is 4.62 Å². The van der Waals surface area contributed by atoms with Gasteiger partial charge < -0.3 is 14.7 Å². The van der Waals surface area contributed by atoms with Gasteiger partial charge in [-0.15, -0.1) is 0 Å². The molecule has 3 N–H and O–H groups in total. The van der Waals surface area contributed by atoms with Crippen molar-refractivity contribution in [3.05, 3.63) is 46.5 Å². The summed E-state index contributed by atoms with van der Waals surface area (Å²) in [4.78, 5) is 22.7. The lowest BCUT2D eigenvalue weighted by molar-refractivity contribution is -0.0722. The molecule has 154 valence electrons. The maximum atomic E-state index is 11.6. The van der Waals surface area contributed by atoms with E-state index in [2.05, 4.69) is 17.1 Å². The van der Waals surface area contributed by atoms with Gasteiger partial charge in [0.15, 0.2) is 5.50 Å². The molecule has 9 heteroatoms. The van der Waals surface area contributed by atoms with Crippen molar-refractivity contribution in [1.29, 1.82) is 0 Å². The summed E-state index contributed by atoms with van der Waals surface area (Å²) in [6.07, 6.45) is 4.09. The Morgan fingerprint density at radius 3 is 2.79 bits per heavy atom. The van der Waals surface area contributed by atoms with E-state index in [1.54, 1.807) is 11.8 Å². The molecule has 3 aliphatic rings. The molecule has 1 aromatic rings. The van der Waals surface area contributed by atoms with Crippen molar-refractivity contribution in [3.8, 4) is 0 Å². The molecule has 4 rings (SSSR count). The maximum Gasteiger partial charge on any atom is 0.491 e. The summed E-state index contributed by atoms with van der Waals surface area (Å²) in [6.45, 7) is 5.01. The van der Waals surface area contributed by atoms with Crippen LogP contribution in [0, 0.1) is 5.92 Å². The van der Waals surface area contributed by atoms with E-state index in [1.165, 1.54) is 16.4 Å². The van der Waals surface area contributed by atoms with Gasteiger partial charge in [0.1, 0.15) is 0 Å². The van der Waals surface area contributed by atoms with E-state index in [0.29, 0.717) is 18.5 Å². The van der Waals surface area contributed by atoms with E-state index in [0.717, 1.165) is 43.6 Å². The van der Waals surface area contributed by atoms with Gasteiger partial charge in [0.05, 0.1) is 5.70 Å². The van der Waals surface area contributed by atoms with Crippen LogP contribution in [0.1, 0.15) is 38.2 Å². The minimum absolute atomic E-state index is 0.340. The zero-order valence-electron chi connectivity index (χ0n) is 16.0. The minimum Gasteiger partial charge on any atom is -0.301 e. The summed E-state index contributed by atoms with van der Waals surface area (Å²) < 4.78 is 16.8. The lowest BCUT2D eigenvalue weighted by Gasteiger charge is -2.44. The highest BCUT2D eigenvalue weighted by Gasteiger charge is 2.45. The Bertz CT molecular complexity index is 772. The number of hydrogen-bond donors (Lipinski definition) is 3. The highest BCUT2D eigenvalue weighted by atomic mass is 32.2. The molecule has 7 nitrogen and oxygen atoms in total. The normalized spacial score (nSPS) is 28.4. The lowest BCUT2D eigenvalue weighted by Crippen LogP contribution is -2.47. The fourth-order valence-corrected chi connectivity index (χ4v) is 6.36. The van der Waals surface area contributed by atoms with Gasteiger partial charge in [-0.05, 0) is 50.3 Å². The molecule has 1 aromatic carbocycles. The molecular formula is C19H28N3O4PS. The van der Waals surface area contributed by atoms with E-state index in [-0.39, 0.29) is 5.50 Å². The van der Waals surface area contributed by atoms with Crippen LogP contribution in [0.2, 0.25) is 0 Å². The van der Waals surface area contributed by atoms with Crippen molar-refractivity contribution in [2.75, 3.05) is 13.1 Å². The van der Waals surface area contributed by atoms with E-state index >= 15 is 0 Å². The summed E-state index contributed by atoms with van der Waals surface area (Å²) >= 11 is 1.63. The SMILES string of the molecule is CCN1CCC[C@@H]2CC3=C(C[C@H]21)SC(NCc1ccccc1)N3OP(=O)(O)O. The molecule has 0 saturated carbocycles. The molecular weight excluding hydrogens is 397 g/mol. The van der Waals surface area contributed by atoms with Crippen LogP contribution in [0.15, 0.2) is 40.9 Å². The largest absolute Gasteiger partial charge is 0.491 e. The minimum atomic E-state index is -4.64. The fraction of sp³-hybridized carbons (Fsp3) is 0.579. The first-order chi connectivity index (χ1) is 13.4. The van der Waals surface area contributed by atoms with Crippen LogP contribution in [-0.2, 0) is 15.7 Å². The Morgan fingerprint density at radius 2 is 2.07 bits per heavy atom. The molecule has 1 fully saturated rings. The second-order valence-corrected chi connectivity index (χ2v) is 9.93. The zero-order chi connectivity index (χ0) is 19.7. The number of benzene rings is 1. The van der Waals surface area contributed by atoms with E-state index < -0.39 is 7.82 Å². The molecule has 2 aliphatic heterocycles. The van der Waals surface area contributed by atoms with Crippen LogP contribution in [0.3, 0.4) is 0 Å². The second-order valence-electron chi connectivity index (χ2n) is 7.61. The molecule has 28 heavy (non-hydrogen) atoms. The van der Waals surface area contributed by atoms with Gasteiger partial charge in [-0.3, -0.25) is 5.32 Å². The van der Waals surface area contributed by atoms with Gasteiger partial charge in [0, 0.05) is 17.5 Å². The summed E-state index contributed by atoms with van der Waals surface area (Å²) in [5.41, 5.74) is 1.72. The smallest absolute Gasteiger partial charge is 0.301 e. The van der Waals surface area contributed by atoms with Crippen molar-refractivity contribution in [3.63, 3.8) is 0 Å². The lowest BCUT2D eigenvalue weighted by atomic mass is 9.80. The van der Waals surface area contributed by atoms with Crippen molar-refractivity contribution in [1.82, 2.24) is 15.3 Å². The molecule has 1 aliphatic carbocycles. The number of piperidine rings is 1. The number of nitrogens with zero attached hydrogens (tertiary/aromatic N) is 2. The Labute approximate surface area is 170 Å². The Balaban J connectivity index is 1.52. The monoisotopic (exact) mass is 425 g/mol. The number of hydroxylamine groups is 2. The summed E-state index contributed by atoms with van der Waals surface area (Å²) in [5.74, 6) is 0.517. The number of hydrogen-bond acceptors (Lipinski definition) is 6. The number of thioether (sulfide) groups is 1. The molecule has 1 saturated heterocycles. The molecule has 2 heterocycles. The van der Waals surface area contributed by atoms with Gasteiger partial charge >= 0.3 is 7.82 Å². The van der Waals surface area contributed by atoms with Crippen molar-refractivity contribution in [2.45, 2.75) is 50.7 Å². The molecule has 0 bridgehead atoms. The van der Waals surface area contributed by atoms with Gasteiger partial charge in [-0.1, -0.05) is 49.0 Å². The van der Waals surface area contributed by atoms with Crippen LogP contribution < -0.4 is 5.32 Å². The Kier molecular flexibility index (Phi) is 6.18. The number of likely N-dealkylation sites (tertiary alicyclic amines) is 1. The van der Waals surface area contributed by atoms with Crippen LogP contribution in [-0.4, -0.2) is 44.4 Å². The Morgan fingerprint density at radius 1 is 1.29 bits per heavy atom. The number of allylic oxidation sites excluding steroid dienone is 1. The van der Waals surface area contributed by atoms with Crippen LogP contribution in [0.4, 0.5) is 0 Å². The van der Waals surface area contributed by atoms with Crippen LogP contribution in [0.5, 0.6) is 0 Å². The first kappa shape index (κ1) is 20.4. The number of nitrogens with one attached hydrogen (secondary N) is 1. The van der Waals surface area contributed by atoms with Crippen molar-refractivity contribution >= 4 is 19.6 Å². The number of phosphoric acid groups is 1. The van der Waals surface area contributed by atoms with Gasteiger partial charge in [0.2, 0.25) is 0 Å². The maximum absolute atomic E-state index is 11.6. The highest BCUT2D eigenvalue weighted by molar-refractivity contribution is 8.03. The second kappa shape index (κ2) is 8.48. The quantitative estimate of drug-likeness (QED) is 0.599. The van der Waals surface area contributed by atoms with Gasteiger partial charge in [0.25, 0.3) is 0 Å². The fourth-order valence-electron chi connectivity index (χ4n) is 4.59. The van der Waals surface area contributed by atoms with E-state index in [9.17, 15) is 14.4 Å². The summed E-state index contributed by atoms with van der Waals surface area (Å²) in [7, 11) is -4.64. The number of fused-ring (bicyclic) bond motifs is 1. The van der Waals surface area contributed by atoms with Crippen LogP contribution >= 0.6 is 19.6 Å². The third-order valence-electron chi connectivity index (χ3n) is 5.86. The zero-order valence-corrected chi connectivity index (χ0v) is 17.7. The summed E-state index contributed by atoms with van der Waals surface area (Å²) in [6, 6.07) is 10.5. The molecule has 0 aromatic heterocycles. The van der Waals surface area contributed by atoms with Crippen molar-refractivity contribution < 1.29 is 19.0 Å². The molecule has 1 unspecified atom stereocenters. The molecule has 0 spiro atoms. The Hall–Kier alpha value is -0.860. The standard InChI is InChI=1S/C19H28N3O4PS/c1-2-21-10-6-9-15-11-17-18(12-16(15)21)28-19(22(17)26-27(23,24)25)20-13-14-7-4-3-5-8-14/h3-5,7-8,15-16,19-20H,2,6,9-13H2,1H3,(H2,23,24,25)/t15-,16-,19?/m1/s1.